The van der Waals surface area contributed by atoms with Crippen molar-refractivity contribution in [3.8, 4) is 5.75 Å². The first-order valence-electron chi connectivity index (χ1n) is 9.97. The molecule has 0 aromatic heterocycles. The highest BCUT2D eigenvalue weighted by atomic mass is 79.9. The van der Waals surface area contributed by atoms with Crippen LogP contribution in [-0.2, 0) is 16.2 Å². The van der Waals surface area contributed by atoms with Gasteiger partial charge in [0.2, 0.25) is 0 Å². The molecule has 6 nitrogen and oxygen atoms in total. The number of nitrogens with zero attached hydrogens (tertiary/aromatic N) is 1. The fourth-order valence-electron chi connectivity index (χ4n) is 3.42. The molecule has 1 saturated heterocycles. The van der Waals surface area contributed by atoms with Gasteiger partial charge in [-0.2, -0.15) is 0 Å². The van der Waals surface area contributed by atoms with Gasteiger partial charge in [0, 0.05) is 10.0 Å². The van der Waals surface area contributed by atoms with E-state index in [1.54, 1.807) is 61.5 Å². The number of imide groups is 2. The molecule has 1 N–H and O–H groups in total. The number of halogens is 2. The Hall–Kier alpha value is -3.78. The summed E-state index contributed by atoms with van der Waals surface area (Å²) in [6.45, 7) is 1.86. The van der Waals surface area contributed by atoms with Crippen LogP contribution in [0.15, 0.2) is 76.8 Å². The first-order chi connectivity index (χ1) is 15.8. The number of ether oxygens (including phenoxy) is 1. The third-order valence-electron chi connectivity index (χ3n) is 5.00. The van der Waals surface area contributed by atoms with Crippen LogP contribution in [0, 0.1) is 12.7 Å². The number of hydrogen-bond acceptors (Lipinski definition) is 4. The molecule has 4 rings (SSSR count). The van der Waals surface area contributed by atoms with E-state index in [0.717, 1.165) is 9.37 Å². The van der Waals surface area contributed by atoms with Crippen LogP contribution >= 0.6 is 15.9 Å². The quantitative estimate of drug-likeness (QED) is 0.382. The average molecular weight is 509 g/mol. The molecule has 166 valence electrons. The number of nitrogens with one attached hydrogen (secondary N) is 1. The van der Waals surface area contributed by atoms with Crippen LogP contribution in [0.25, 0.3) is 6.08 Å². The number of aryl methyl sites for hydroxylation is 1. The summed E-state index contributed by atoms with van der Waals surface area (Å²) in [4.78, 5) is 39.1. The van der Waals surface area contributed by atoms with E-state index in [1.807, 2.05) is 0 Å². The molecule has 1 heterocycles. The van der Waals surface area contributed by atoms with E-state index in [1.165, 1.54) is 18.2 Å². The summed E-state index contributed by atoms with van der Waals surface area (Å²) in [7, 11) is 0. The van der Waals surface area contributed by atoms with E-state index in [9.17, 15) is 18.8 Å². The van der Waals surface area contributed by atoms with Crippen LogP contribution in [0.3, 0.4) is 0 Å². The van der Waals surface area contributed by atoms with Gasteiger partial charge in [-0.25, -0.2) is 14.1 Å². The Morgan fingerprint density at radius 1 is 1.03 bits per heavy atom. The third kappa shape index (κ3) is 4.85. The number of benzene rings is 3. The molecule has 3 aromatic rings. The van der Waals surface area contributed by atoms with Gasteiger partial charge in [0.05, 0.1) is 5.69 Å². The molecule has 0 radical (unpaired) electrons. The monoisotopic (exact) mass is 508 g/mol. The van der Waals surface area contributed by atoms with Gasteiger partial charge in [-0.05, 0) is 60.5 Å². The van der Waals surface area contributed by atoms with Gasteiger partial charge in [0.25, 0.3) is 11.8 Å². The Morgan fingerprint density at radius 2 is 1.82 bits per heavy atom. The van der Waals surface area contributed by atoms with Crippen LogP contribution in [0.5, 0.6) is 5.75 Å². The maximum atomic E-state index is 13.4. The minimum Gasteiger partial charge on any atom is -0.488 e. The Bertz CT molecular complexity index is 1310. The molecule has 0 atom stereocenters. The van der Waals surface area contributed by atoms with E-state index >= 15 is 0 Å². The number of anilines is 1. The van der Waals surface area contributed by atoms with Gasteiger partial charge in [0.15, 0.2) is 0 Å². The van der Waals surface area contributed by atoms with E-state index in [4.69, 9.17) is 4.74 Å². The van der Waals surface area contributed by atoms with Crippen molar-refractivity contribution in [2.24, 2.45) is 0 Å². The number of urea groups is 1. The number of amides is 4. The molecule has 0 bridgehead atoms. The van der Waals surface area contributed by atoms with E-state index in [2.05, 4.69) is 21.2 Å². The molecular formula is C25H18BrFN2O4. The topological polar surface area (TPSA) is 75.7 Å². The second-order valence-electron chi connectivity index (χ2n) is 7.35. The predicted octanol–water partition coefficient (Wildman–Crippen LogP) is 5.14. The minimum absolute atomic E-state index is 0.0980. The first kappa shape index (κ1) is 22.4. The highest BCUT2D eigenvalue weighted by Gasteiger charge is 2.37. The van der Waals surface area contributed by atoms with E-state index in [-0.39, 0.29) is 18.0 Å². The van der Waals surface area contributed by atoms with Gasteiger partial charge in [-0.15, -0.1) is 0 Å². The Balaban J connectivity index is 1.66. The summed E-state index contributed by atoms with van der Waals surface area (Å²) in [5, 5.41) is 2.22. The van der Waals surface area contributed by atoms with Crippen molar-refractivity contribution in [2.75, 3.05) is 4.90 Å². The van der Waals surface area contributed by atoms with Crippen molar-refractivity contribution in [1.82, 2.24) is 5.32 Å². The van der Waals surface area contributed by atoms with Gasteiger partial charge in [-0.1, -0.05) is 46.3 Å². The molecule has 8 heteroatoms. The maximum absolute atomic E-state index is 13.4. The Kier molecular flexibility index (Phi) is 6.37. The molecule has 3 aromatic carbocycles. The lowest BCUT2D eigenvalue weighted by atomic mass is 10.0. The zero-order valence-corrected chi connectivity index (χ0v) is 19.1. The van der Waals surface area contributed by atoms with Crippen LogP contribution in [0.1, 0.15) is 16.7 Å². The van der Waals surface area contributed by atoms with Crippen molar-refractivity contribution in [3.63, 3.8) is 0 Å². The highest BCUT2D eigenvalue weighted by Crippen LogP contribution is 2.29. The molecule has 1 fully saturated rings. The van der Waals surface area contributed by atoms with Crippen molar-refractivity contribution < 1.29 is 23.5 Å². The van der Waals surface area contributed by atoms with Crippen LogP contribution in [0.2, 0.25) is 0 Å². The zero-order chi connectivity index (χ0) is 23.5. The van der Waals surface area contributed by atoms with Crippen LogP contribution < -0.4 is 15.0 Å². The van der Waals surface area contributed by atoms with Gasteiger partial charge in [0.1, 0.15) is 23.7 Å². The van der Waals surface area contributed by atoms with Crippen LogP contribution in [0.4, 0.5) is 14.9 Å². The summed E-state index contributed by atoms with van der Waals surface area (Å²) < 4.78 is 20.1. The molecule has 0 saturated carbocycles. The van der Waals surface area contributed by atoms with E-state index in [0.29, 0.717) is 28.1 Å². The molecule has 33 heavy (non-hydrogen) atoms. The average Bonchev–Trinajstić information content (AvgIpc) is 2.77. The van der Waals surface area contributed by atoms with Crippen LogP contribution in [-0.4, -0.2) is 17.8 Å². The first-order valence-corrected chi connectivity index (χ1v) is 10.8. The molecule has 1 aliphatic heterocycles. The smallest absolute Gasteiger partial charge is 0.335 e. The van der Waals surface area contributed by atoms with Gasteiger partial charge >= 0.3 is 6.03 Å². The van der Waals surface area contributed by atoms with Crippen molar-refractivity contribution in [2.45, 2.75) is 13.5 Å². The standard InChI is InChI=1S/C25H18BrFN2O4/c1-15-11-18(26)9-10-21(15)29-24(31)20(23(30)28-25(29)32)13-17-6-2-3-8-22(17)33-14-16-5-4-7-19(27)12-16/h2-13H,14H2,1H3,(H,28,30,32)/b20-13-. The number of hydrogen-bond donors (Lipinski definition) is 1. The molecule has 1 aliphatic rings. The Labute approximate surface area is 197 Å². The minimum atomic E-state index is -0.816. The van der Waals surface area contributed by atoms with Gasteiger partial charge < -0.3 is 4.74 Å². The van der Waals surface area contributed by atoms with Crippen molar-refractivity contribution in [1.29, 1.82) is 0 Å². The van der Waals surface area contributed by atoms with Gasteiger partial charge in [-0.3, -0.25) is 14.9 Å². The zero-order valence-electron chi connectivity index (χ0n) is 17.5. The number of barbiturate groups is 1. The molecule has 0 spiro atoms. The lowest BCUT2D eigenvalue weighted by Gasteiger charge is -2.27. The molecular weight excluding hydrogens is 491 g/mol. The summed E-state index contributed by atoms with van der Waals surface area (Å²) >= 11 is 3.36. The largest absolute Gasteiger partial charge is 0.488 e. The summed E-state index contributed by atoms with van der Waals surface area (Å²) in [5.74, 6) is -1.51. The Morgan fingerprint density at radius 3 is 2.58 bits per heavy atom. The van der Waals surface area contributed by atoms with E-state index < -0.39 is 17.8 Å². The number of para-hydroxylation sites is 1. The second-order valence-corrected chi connectivity index (χ2v) is 8.26. The summed E-state index contributed by atoms with van der Waals surface area (Å²) in [6, 6.07) is 17.1. The summed E-state index contributed by atoms with van der Waals surface area (Å²) in [6.07, 6.45) is 1.38. The number of rotatable bonds is 5. The normalized spacial score (nSPS) is 15.1. The maximum Gasteiger partial charge on any atom is 0.335 e. The highest BCUT2D eigenvalue weighted by molar-refractivity contribution is 9.10. The second kappa shape index (κ2) is 9.38. The SMILES string of the molecule is Cc1cc(Br)ccc1N1C(=O)NC(=O)/C(=C/c2ccccc2OCc2cccc(F)c2)C1=O. The van der Waals surface area contributed by atoms with Crippen molar-refractivity contribution in [3.05, 3.63) is 99.3 Å². The third-order valence-corrected chi connectivity index (χ3v) is 5.50. The number of carbonyl (C=O) groups is 3. The molecule has 0 aliphatic carbocycles. The lowest BCUT2D eigenvalue weighted by Crippen LogP contribution is -2.54. The molecule has 0 unspecified atom stereocenters. The number of carbonyl (C=O) groups excluding carboxylic acids is 3. The molecule has 4 amide bonds. The van der Waals surface area contributed by atoms with Crippen molar-refractivity contribution >= 4 is 45.5 Å². The summed E-state index contributed by atoms with van der Waals surface area (Å²) in [5.41, 5.74) is 1.94. The fourth-order valence-corrected chi connectivity index (χ4v) is 3.90. The fraction of sp³-hybridized carbons (Fsp3) is 0.0800. The lowest BCUT2D eigenvalue weighted by molar-refractivity contribution is -0.122. The predicted molar refractivity (Wildman–Crippen MR) is 125 cm³/mol.